The maximum Gasteiger partial charge on any atom is 0.0634 e. The third-order valence-corrected chi connectivity index (χ3v) is 2.86. The molecular weight excluding hydrogens is 220 g/mol. The summed E-state index contributed by atoms with van der Waals surface area (Å²) in [5, 5.41) is 3.83. The number of hydrogen-bond donors (Lipinski definition) is 1. The van der Waals surface area contributed by atoms with Crippen LogP contribution in [0.15, 0.2) is 18.5 Å². The molecule has 14 heavy (non-hydrogen) atoms. The molecule has 0 fully saturated rings. The Balaban J connectivity index is 2.31. The Kier molecular flexibility index (Phi) is 5.07. The maximum absolute atomic E-state index is 10.8. The lowest BCUT2D eigenvalue weighted by Crippen LogP contribution is -2.19. The van der Waals surface area contributed by atoms with Gasteiger partial charge >= 0.3 is 0 Å². The fourth-order valence-corrected chi connectivity index (χ4v) is 1.60. The van der Waals surface area contributed by atoms with Crippen LogP contribution in [-0.2, 0) is 17.3 Å². The van der Waals surface area contributed by atoms with Crippen molar-refractivity contribution in [3.05, 3.63) is 29.0 Å². The van der Waals surface area contributed by atoms with Gasteiger partial charge in [-0.1, -0.05) is 11.6 Å². The van der Waals surface area contributed by atoms with Crippen LogP contribution in [0.3, 0.4) is 0 Å². The molecule has 0 aliphatic heterocycles. The molecule has 1 rings (SSSR count). The third kappa shape index (κ3) is 4.17. The van der Waals surface area contributed by atoms with E-state index in [1.807, 2.05) is 6.07 Å². The van der Waals surface area contributed by atoms with Gasteiger partial charge in [-0.3, -0.25) is 9.19 Å². The number of nitrogens with one attached hydrogen (secondary N) is 1. The number of aromatic nitrogens is 1. The van der Waals surface area contributed by atoms with E-state index in [2.05, 4.69) is 10.3 Å². The summed E-state index contributed by atoms with van der Waals surface area (Å²) in [6, 6.07) is 1.87. The summed E-state index contributed by atoms with van der Waals surface area (Å²) < 4.78 is 10.8. The van der Waals surface area contributed by atoms with Crippen molar-refractivity contribution in [1.29, 1.82) is 0 Å². The van der Waals surface area contributed by atoms with Crippen LogP contribution in [0.5, 0.6) is 0 Å². The lowest BCUT2D eigenvalue weighted by Gasteiger charge is -2.04. The van der Waals surface area contributed by atoms with E-state index in [-0.39, 0.29) is 0 Å². The van der Waals surface area contributed by atoms with Gasteiger partial charge in [0, 0.05) is 48.3 Å². The van der Waals surface area contributed by atoms with Crippen molar-refractivity contribution in [2.24, 2.45) is 0 Å². The fourth-order valence-electron chi connectivity index (χ4n) is 0.986. The van der Waals surface area contributed by atoms with E-state index in [9.17, 15) is 4.21 Å². The third-order valence-electron chi connectivity index (χ3n) is 1.74. The maximum atomic E-state index is 10.8. The summed E-state index contributed by atoms with van der Waals surface area (Å²) >= 11 is 5.90. The van der Waals surface area contributed by atoms with E-state index in [1.165, 1.54) is 0 Å². The first-order valence-corrected chi connectivity index (χ1v) is 6.40. The number of hydrogen-bond acceptors (Lipinski definition) is 3. The van der Waals surface area contributed by atoms with Crippen molar-refractivity contribution in [2.45, 2.75) is 6.54 Å². The summed E-state index contributed by atoms with van der Waals surface area (Å²) in [6.07, 6.45) is 5.03. The molecule has 5 heteroatoms. The summed E-state index contributed by atoms with van der Waals surface area (Å²) in [5.74, 6) is 0.669. The molecule has 1 heterocycles. The number of nitrogens with zero attached hydrogens (tertiary/aromatic N) is 1. The van der Waals surface area contributed by atoms with Crippen molar-refractivity contribution < 1.29 is 4.21 Å². The molecular formula is C9H13ClN2OS. The number of halogens is 1. The second-order valence-corrected chi connectivity index (χ2v) is 4.88. The van der Waals surface area contributed by atoms with Gasteiger partial charge in [-0.25, -0.2) is 0 Å². The van der Waals surface area contributed by atoms with Crippen LogP contribution < -0.4 is 5.32 Å². The molecule has 1 aromatic heterocycles. The number of rotatable bonds is 5. The molecule has 1 aromatic rings. The predicted molar refractivity (Wildman–Crippen MR) is 59.9 cm³/mol. The Hall–Kier alpha value is -0.450. The Labute approximate surface area is 91.3 Å². The van der Waals surface area contributed by atoms with Gasteiger partial charge in [0.1, 0.15) is 0 Å². The smallest absolute Gasteiger partial charge is 0.0634 e. The molecule has 0 saturated carbocycles. The molecule has 1 N–H and O–H groups in total. The lowest BCUT2D eigenvalue weighted by atomic mass is 10.3. The van der Waals surface area contributed by atoms with Crippen molar-refractivity contribution >= 4 is 22.4 Å². The minimum Gasteiger partial charge on any atom is -0.312 e. The van der Waals surface area contributed by atoms with Gasteiger partial charge in [0.25, 0.3) is 0 Å². The largest absolute Gasteiger partial charge is 0.312 e. The summed E-state index contributed by atoms with van der Waals surface area (Å²) in [4.78, 5) is 3.89. The van der Waals surface area contributed by atoms with E-state index >= 15 is 0 Å². The number of pyridine rings is 1. The quantitative estimate of drug-likeness (QED) is 0.776. The normalized spacial score (nSPS) is 12.7. The summed E-state index contributed by atoms with van der Waals surface area (Å²) in [5.41, 5.74) is 1.02. The van der Waals surface area contributed by atoms with Gasteiger partial charge in [-0.05, 0) is 11.6 Å². The van der Waals surface area contributed by atoms with Crippen molar-refractivity contribution in [2.75, 3.05) is 18.6 Å². The minimum absolute atomic E-state index is 0.664. The lowest BCUT2D eigenvalue weighted by molar-refractivity contribution is 0.676. The Bertz CT molecular complexity index is 319. The first-order valence-electron chi connectivity index (χ1n) is 4.29. The van der Waals surface area contributed by atoms with E-state index < -0.39 is 10.8 Å². The van der Waals surface area contributed by atoms with E-state index in [0.29, 0.717) is 17.3 Å². The predicted octanol–water partition coefficient (Wildman–Crippen LogP) is 1.20. The van der Waals surface area contributed by atoms with Crippen LogP contribution in [0.1, 0.15) is 5.56 Å². The zero-order valence-electron chi connectivity index (χ0n) is 8.00. The van der Waals surface area contributed by atoms with Crippen LogP contribution in [0, 0.1) is 0 Å². The molecule has 0 amide bonds. The summed E-state index contributed by atoms with van der Waals surface area (Å²) in [6.45, 7) is 1.43. The molecule has 0 radical (unpaired) electrons. The van der Waals surface area contributed by atoms with Crippen LogP contribution in [0.25, 0.3) is 0 Å². The molecule has 1 atom stereocenters. The molecule has 1 unspecified atom stereocenters. The zero-order valence-corrected chi connectivity index (χ0v) is 9.57. The molecule has 0 aromatic carbocycles. The Morgan fingerprint density at radius 3 is 3.07 bits per heavy atom. The van der Waals surface area contributed by atoms with Crippen molar-refractivity contribution in [1.82, 2.24) is 10.3 Å². The van der Waals surface area contributed by atoms with Gasteiger partial charge in [0.15, 0.2) is 0 Å². The first-order chi connectivity index (χ1) is 6.70. The van der Waals surface area contributed by atoms with Crippen molar-refractivity contribution in [3.63, 3.8) is 0 Å². The van der Waals surface area contributed by atoms with Crippen LogP contribution in [0.2, 0.25) is 5.02 Å². The highest BCUT2D eigenvalue weighted by Gasteiger charge is 1.98. The highest BCUT2D eigenvalue weighted by Crippen LogP contribution is 2.12. The topological polar surface area (TPSA) is 42.0 Å². The molecule has 78 valence electrons. The van der Waals surface area contributed by atoms with Crippen LogP contribution in [0.4, 0.5) is 0 Å². The first kappa shape index (κ1) is 11.6. The summed E-state index contributed by atoms with van der Waals surface area (Å²) in [7, 11) is -0.737. The van der Waals surface area contributed by atoms with Gasteiger partial charge < -0.3 is 5.32 Å². The molecule has 0 spiro atoms. The van der Waals surface area contributed by atoms with Crippen molar-refractivity contribution in [3.8, 4) is 0 Å². The van der Waals surface area contributed by atoms with Crippen LogP contribution in [-0.4, -0.2) is 27.7 Å². The highest BCUT2D eigenvalue weighted by molar-refractivity contribution is 7.84. The fraction of sp³-hybridized carbons (Fsp3) is 0.444. The Morgan fingerprint density at radius 2 is 2.43 bits per heavy atom. The molecule has 0 bridgehead atoms. The average molecular weight is 233 g/mol. The monoisotopic (exact) mass is 232 g/mol. The van der Waals surface area contributed by atoms with Gasteiger partial charge in [-0.15, -0.1) is 0 Å². The zero-order chi connectivity index (χ0) is 10.4. The average Bonchev–Trinajstić information content (AvgIpc) is 2.15. The van der Waals surface area contributed by atoms with Gasteiger partial charge in [-0.2, -0.15) is 0 Å². The standard InChI is InChI=1S/C9H13ClN2OS/c1-14(13)5-4-12-6-8-2-3-11-7-9(8)10/h2-3,7,12H,4-6H2,1H3. The van der Waals surface area contributed by atoms with Gasteiger partial charge in [0.2, 0.25) is 0 Å². The van der Waals surface area contributed by atoms with Gasteiger partial charge in [0.05, 0.1) is 5.02 Å². The molecule has 3 nitrogen and oxygen atoms in total. The molecule has 0 aliphatic carbocycles. The van der Waals surface area contributed by atoms with E-state index in [4.69, 9.17) is 11.6 Å². The molecule has 0 aliphatic rings. The Morgan fingerprint density at radius 1 is 1.64 bits per heavy atom. The van der Waals surface area contributed by atoms with E-state index in [0.717, 1.165) is 12.1 Å². The molecule has 0 saturated heterocycles. The van der Waals surface area contributed by atoms with Crippen LogP contribution >= 0.6 is 11.6 Å². The highest BCUT2D eigenvalue weighted by atomic mass is 35.5. The van der Waals surface area contributed by atoms with E-state index in [1.54, 1.807) is 18.6 Å². The SMILES string of the molecule is CS(=O)CCNCc1ccncc1Cl. The second-order valence-electron chi connectivity index (χ2n) is 2.92. The minimum atomic E-state index is -0.737. The second kappa shape index (κ2) is 6.11.